The highest BCUT2D eigenvalue weighted by atomic mass is 32.1. The van der Waals surface area contributed by atoms with Crippen LogP contribution in [0.4, 0.5) is 16.4 Å². The Hall–Kier alpha value is -7.46. The molecule has 4 N–H and O–H groups in total. The number of nitrogens with zero attached hydrogens (tertiary/aromatic N) is 10. The van der Waals surface area contributed by atoms with Gasteiger partial charge in [0.15, 0.2) is 11.6 Å². The van der Waals surface area contributed by atoms with E-state index in [0.29, 0.717) is 62.5 Å². The lowest BCUT2D eigenvalue weighted by molar-refractivity contribution is -0.141. The molecule has 7 aromatic rings. The van der Waals surface area contributed by atoms with Gasteiger partial charge in [0, 0.05) is 99.7 Å². The SMILES string of the molecule is Cc1ncsc1-c1ccc([C@H](C)NC(=O)[C@@H]2C[C@@H](O)CN2C(=O)[C@@H](c2cc(N3CCN(C(=O)OCC4CC[C@]5(COc6nc(N7CC8CCC(C7)N8)c7cnc8c(c7n6)C(C)c6cccc7cc(O)cc-8c67)CCCN45)CC3)no2)C(C)C)cc1. The van der Waals surface area contributed by atoms with Crippen molar-refractivity contribution in [3.8, 4) is 33.5 Å². The van der Waals surface area contributed by atoms with E-state index in [1.807, 2.05) is 86.8 Å². The van der Waals surface area contributed by atoms with Crippen molar-refractivity contribution in [2.24, 2.45) is 5.92 Å². The van der Waals surface area contributed by atoms with Crippen LogP contribution < -0.4 is 25.2 Å². The number of aliphatic hydroxyl groups excluding tert-OH is 1. The summed E-state index contributed by atoms with van der Waals surface area (Å²) in [6, 6.07) is 19.8. The summed E-state index contributed by atoms with van der Waals surface area (Å²) in [7, 11) is 0. The molecule has 7 aliphatic rings. The Morgan fingerprint density at radius 1 is 0.929 bits per heavy atom. The zero-order valence-corrected chi connectivity index (χ0v) is 49.7. The van der Waals surface area contributed by atoms with Gasteiger partial charge >= 0.3 is 12.1 Å². The second-order valence-corrected chi connectivity index (χ2v) is 26.0. The van der Waals surface area contributed by atoms with Gasteiger partial charge in [0.1, 0.15) is 36.7 Å². The second-order valence-electron chi connectivity index (χ2n) is 25.2. The number of thiazole rings is 1. The first-order valence-electron chi connectivity index (χ1n) is 30.5. The number of hydrogen-bond acceptors (Lipinski definition) is 18. The van der Waals surface area contributed by atoms with E-state index in [4.69, 9.17) is 28.9 Å². The number of benzene rings is 3. The maximum Gasteiger partial charge on any atom is 0.409 e. The van der Waals surface area contributed by atoms with Crippen LogP contribution in [0.1, 0.15) is 119 Å². The van der Waals surface area contributed by atoms with Crippen LogP contribution in [0.3, 0.4) is 0 Å². The van der Waals surface area contributed by atoms with Gasteiger partial charge in [-0.1, -0.05) is 68.4 Å². The van der Waals surface area contributed by atoms with Crippen LogP contribution in [0.15, 0.2) is 76.9 Å². The molecule has 20 nitrogen and oxygen atoms in total. The summed E-state index contributed by atoms with van der Waals surface area (Å²) in [5.74, 6) is 0.415. The summed E-state index contributed by atoms with van der Waals surface area (Å²) in [4.78, 5) is 73.5. The van der Waals surface area contributed by atoms with Crippen molar-refractivity contribution in [3.05, 3.63) is 101 Å². The van der Waals surface area contributed by atoms with E-state index in [2.05, 4.69) is 49.6 Å². The fraction of sp³-hybridized carbons (Fsp3) is 0.500. The van der Waals surface area contributed by atoms with E-state index in [1.54, 1.807) is 22.3 Å². The summed E-state index contributed by atoms with van der Waals surface area (Å²) >= 11 is 1.59. The molecule has 10 heterocycles. The predicted octanol–water partition coefficient (Wildman–Crippen LogP) is 8.29. The molecule has 6 saturated heterocycles. The number of aliphatic hydroxyl groups is 1. The molecule has 2 bridgehead atoms. The van der Waals surface area contributed by atoms with Gasteiger partial charge in [-0.15, -0.1) is 11.3 Å². The third-order valence-electron chi connectivity index (χ3n) is 19.6. The first-order chi connectivity index (χ1) is 41.2. The summed E-state index contributed by atoms with van der Waals surface area (Å²) in [5, 5.41) is 36.0. The maximum absolute atomic E-state index is 14.5. The zero-order valence-electron chi connectivity index (χ0n) is 48.9. The predicted molar refractivity (Wildman–Crippen MR) is 323 cm³/mol. The molecule has 0 radical (unpaired) electrons. The zero-order chi connectivity index (χ0) is 58.4. The number of carbonyl (C=O) groups is 3. The van der Waals surface area contributed by atoms with Crippen LogP contribution in [-0.2, 0) is 14.3 Å². The Balaban J connectivity index is 0.605. The number of aromatic nitrogens is 5. The number of rotatable bonds is 14. The Morgan fingerprint density at radius 2 is 1.73 bits per heavy atom. The summed E-state index contributed by atoms with van der Waals surface area (Å²) in [6.07, 6.45) is 6.87. The van der Waals surface area contributed by atoms with Crippen LogP contribution in [0.5, 0.6) is 11.8 Å². The Labute approximate surface area is 497 Å². The van der Waals surface area contributed by atoms with Gasteiger partial charge in [-0.2, -0.15) is 9.97 Å². The van der Waals surface area contributed by atoms with Crippen molar-refractivity contribution in [1.29, 1.82) is 0 Å². The molecular formula is C64H74N12O8S. The number of likely N-dealkylation sites (tertiary alicyclic amines) is 1. The lowest BCUT2D eigenvalue weighted by Gasteiger charge is -2.36. The fourth-order valence-corrected chi connectivity index (χ4v) is 16.0. The number of phenolic OH excluding ortho intramolecular Hbond substituents is 1. The standard InChI is InChI=1S/C64H74N12O8S/c1-35(2)53(61(80)75-31-46(78)26-50(75)60(79)67-37(4)39-10-12-40(13-11-39)58-38(5)66-34-85-58)51-27-52(71-84-51)72-20-22-73(23-21-72)63(81)82-32-44-16-18-64(17-7-19-76(44)64)33-83-62-69-57-49(59(70-62)74-29-42-14-15-43(30-74)68-42)28-65-56-48-25-45(77)24-41-8-6-9-47(55(41)48)36(3)54(56)57/h6,8-13,24-25,27-28,34-37,42-44,46,50,53,68,77-78H,7,14-23,26,29-33H2,1-5H3,(H,67,79)/t36?,37-,42?,43?,44?,46+,50-,53+,64-/m0/s1. The van der Waals surface area contributed by atoms with Gasteiger partial charge < -0.3 is 54.4 Å². The quantitative estimate of drug-likeness (QED) is 0.0803. The first kappa shape index (κ1) is 55.4. The molecule has 1 aliphatic carbocycles. The minimum absolute atomic E-state index is 0.0165. The summed E-state index contributed by atoms with van der Waals surface area (Å²) in [6.45, 7) is 15.1. The van der Waals surface area contributed by atoms with Crippen LogP contribution in [-0.4, -0.2) is 169 Å². The number of pyridine rings is 1. The van der Waals surface area contributed by atoms with Crippen LogP contribution in [0.2, 0.25) is 0 Å². The van der Waals surface area contributed by atoms with Gasteiger partial charge in [-0.3, -0.25) is 19.5 Å². The first-order valence-corrected chi connectivity index (χ1v) is 31.3. The number of fused-ring (bicyclic) bond motifs is 7. The van der Waals surface area contributed by atoms with E-state index in [9.17, 15) is 24.6 Å². The topological polar surface area (TPSA) is 228 Å². The number of β-amino-alcohol motifs (C(OH)–C–C–N with tert-alkyl or cyclic N) is 1. The van der Waals surface area contributed by atoms with Gasteiger partial charge in [-0.05, 0) is 104 Å². The average molecular weight is 1170 g/mol. The minimum Gasteiger partial charge on any atom is -0.508 e. The maximum atomic E-state index is 14.5. The number of aromatic hydroxyl groups is 1. The molecule has 0 spiro atoms. The number of nitrogens with one attached hydrogen (secondary N) is 2. The van der Waals surface area contributed by atoms with E-state index >= 15 is 0 Å². The van der Waals surface area contributed by atoms with Crippen LogP contribution >= 0.6 is 11.3 Å². The molecule has 3 amide bonds. The monoisotopic (exact) mass is 1170 g/mol. The molecular weight excluding hydrogens is 1100 g/mol. The Morgan fingerprint density at radius 3 is 2.49 bits per heavy atom. The van der Waals surface area contributed by atoms with Gasteiger partial charge in [-0.25, -0.2) is 9.78 Å². The number of piperazine rings is 2. The number of amides is 3. The van der Waals surface area contributed by atoms with E-state index in [-0.39, 0.29) is 72.7 Å². The second kappa shape index (κ2) is 22.1. The molecule has 14 rings (SSSR count). The van der Waals surface area contributed by atoms with Crippen molar-refractivity contribution >= 4 is 62.6 Å². The molecule has 6 aliphatic heterocycles. The van der Waals surface area contributed by atoms with Gasteiger partial charge in [0.2, 0.25) is 11.8 Å². The Bertz CT molecular complexity index is 3710. The summed E-state index contributed by atoms with van der Waals surface area (Å²) in [5.41, 5.74) is 9.29. The molecule has 4 unspecified atom stereocenters. The molecule has 3 aromatic carbocycles. The molecule has 21 heteroatoms. The number of aryl methyl sites for hydroxylation is 1. The third-order valence-corrected chi connectivity index (χ3v) is 20.5. The molecule has 444 valence electrons. The van der Waals surface area contributed by atoms with E-state index < -0.39 is 18.1 Å². The highest BCUT2D eigenvalue weighted by molar-refractivity contribution is 7.13. The van der Waals surface area contributed by atoms with Crippen molar-refractivity contribution in [1.82, 2.24) is 50.4 Å². The Kier molecular flexibility index (Phi) is 14.4. The molecule has 4 aromatic heterocycles. The normalized spacial score (nSPS) is 25.2. The van der Waals surface area contributed by atoms with Crippen LogP contribution in [0, 0.1) is 12.8 Å². The highest BCUT2D eigenvalue weighted by Gasteiger charge is 2.51. The number of anilines is 2. The van der Waals surface area contributed by atoms with E-state index in [0.717, 1.165) is 124 Å². The number of carbonyl (C=O) groups excluding carboxylic acids is 3. The number of phenols is 1. The number of hydrogen-bond donors (Lipinski definition) is 4. The van der Waals surface area contributed by atoms with Crippen molar-refractivity contribution in [2.75, 3.05) is 75.4 Å². The molecule has 85 heavy (non-hydrogen) atoms. The molecule has 9 atom stereocenters. The minimum atomic E-state index is -0.854. The smallest absolute Gasteiger partial charge is 0.409 e. The lowest BCUT2D eigenvalue weighted by Crippen LogP contribution is -2.51. The van der Waals surface area contributed by atoms with Crippen LogP contribution in [0.25, 0.3) is 43.4 Å². The van der Waals surface area contributed by atoms with Crippen molar-refractivity contribution in [2.45, 2.75) is 133 Å². The average Bonchev–Trinajstić information content (AvgIpc) is 1.94. The third kappa shape index (κ3) is 10.1. The lowest BCUT2D eigenvalue weighted by atomic mass is 9.79. The number of ether oxygens (including phenoxy) is 2. The van der Waals surface area contributed by atoms with Crippen molar-refractivity contribution in [3.63, 3.8) is 0 Å². The largest absolute Gasteiger partial charge is 0.508 e. The summed E-state index contributed by atoms with van der Waals surface area (Å²) < 4.78 is 18.9. The highest BCUT2D eigenvalue weighted by Crippen LogP contribution is 2.49. The van der Waals surface area contributed by atoms with Gasteiger partial charge in [0.05, 0.1) is 50.4 Å². The van der Waals surface area contributed by atoms with Gasteiger partial charge in [0.25, 0.3) is 0 Å². The van der Waals surface area contributed by atoms with Crippen molar-refractivity contribution < 1.29 is 38.6 Å². The molecule has 0 saturated carbocycles. The molecule has 6 fully saturated rings. The fourth-order valence-electron chi connectivity index (χ4n) is 15.2. The van der Waals surface area contributed by atoms with E-state index in [1.165, 1.54) is 10.5 Å².